The standard InChI is InChI=1S/C16H25Cl3OSi/c1-2-3-4-5-6-7-8-9-10-11-13-16(20)14-12-15-21(17,18)19/h16,20H,2,7-15H2,1H3. The number of aliphatic hydroxyl groups excluding tert-OH is 1. The van der Waals surface area contributed by atoms with Gasteiger partial charge in [0.25, 0.3) is 0 Å². The van der Waals surface area contributed by atoms with Crippen LogP contribution in [0.15, 0.2) is 0 Å². The molecule has 0 aromatic carbocycles. The van der Waals surface area contributed by atoms with Crippen LogP contribution in [0.2, 0.25) is 6.04 Å². The van der Waals surface area contributed by atoms with Crippen LogP contribution in [0, 0.1) is 23.7 Å². The van der Waals surface area contributed by atoms with Crippen molar-refractivity contribution < 1.29 is 5.11 Å². The molecule has 21 heavy (non-hydrogen) atoms. The molecule has 0 aromatic rings. The maximum atomic E-state index is 9.82. The Bertz CT molecular complexity index is 371. The lowest BCUT2D eigenvalue weighted by molar-refractivity contribution is 0.150. The zero-order valence-electron chi connectivity index (χ0n) is 12.7. The first kappa shape index (κ1) is 21.2. The van der Waals surface area contributed by atoms with Crippen LogP contribution in [0.3, 0.4) is 0 Å². The van der Waals surface area contributed by atoms with Gasteiger partial charge >= 0.3 is 6.00 Å². The average Bonchev–Trinajstić information content (AvgIpc) is 2.39. The van der Waals surface area contributed by atoms with Gasteiger partial charge in [-0.2, -0.15) is 0 Å². The molecule has 0 saturated carbocycles. The van der Waals surface area contributed by atoms with Crippen LogP contribution < -0.4 is 0 Å². The molecule has 0 rings (SSSR count). The molecule has 1 nitrogen and oxygen atoms in total. The fourth-order valence-electron chi connectivity index (χ4n) is 1.87. The molecule has 0 fully saturated rings. The van der Waals surface area contributed by atoms with Gasteiger partial charge in [-0.25, -0.2) is 0 Å². The normalized spacial score (nSPS) is 12.0. The first-order valence-corrected chi connectivity index (χ1v) is 12.9. The van der Waals surface area contributed by atoms with Crippen molar-refractivity contribution in [1.82, 2.24) is 0 Å². The predicted molar refractivity (Wildman–Crippen MR) is 96.9 cm³/mol. The van der Waals surface area contributed by atoms with Crippen molar-refractivity contribution in [3.8, 4) is 23.7 Å². The second kappa shape index (κ2) is 13.8. The average molecular weight is 368 g/mol. The summed E-state index contributed by atoms with van der Waals surface area (Å²) >= 11 is 17.4. The molecule has 1 atom stereocenters. The number of unbranched alkanes of at least 4 members (excludes halogenated alkanes) is 4. The van der Waals surface area contributed by atoms with Crippen LogP contribution in [0.5, 0.6) is 0 Å². The van der Waals surface area contributed by atoms with Gasteiger partial charge in [0.1, 0.15) is 0 Å². The number of hydrogen-bond acceptors (Lipinski definition) is 1. The van der Waals surface area contributed by atoms with Crippen LogP contribution in [0.4, 0.5) is 0 Å². The summed E-state index contributed by atoms with van der Waals surface area (Å²) < 4.78 is 0. The molecule has 0 aliphatic carbocycles. The van der Waals surface area contributed by atoms with Gasteiger partial charge < -0.3 is 5.11 Å². The van der Waals surface area contributed by atoms with Gasteiger partial charge in [-0.15, -0.1) is 33.2 Å². The van der Waals surface area contributed by atoms with Crippen molar-refractivity contribution in [3.05, 3.63) is 0 Å². The minimum absolute atomic E-state index is 0.254. The number of rotatable bonds is 10. The lowest BCUT2D eigenvalue weighted by Crippen LogP contribution is -2.12. The Morgan fingerprint density at radius 2 is 1.52 bits per heavy atom. The highest BCUT2D eigenvalue weighted by Gasteiger charge is 2.24. The van der Waals surface area contributed by atoms with E-state index in [2.05, 4.69) is 23.7 Å². The summed E-state index contributed by atoms with van der Waals surface area (Å²) in [5, 5.41) is 9.82. The zero-order chi connectivity index (χ0) is 16.0. The Morgan fingerprint density at radius 1 is 0.905 bits per heavy atom. The fourth-order valence-corrected chi connectivity index (χ4v) is 3.68. The van der Waals surface area contributed by atoms with E-state index in [9.17, 15) is 5.11 Å². The van der Waals surface area contributed by atoms with E-state index in [-0.39, 0.29) is 6.10 Å². The van der Waals surface area contributed by atoms with Gasteiger partial charge in [0, 0.05) is 12.8 Å². The number of aliphatic hydroxyl groups is 1. The van der Waals surface area contributed by atoms with Gasteiger partial charge in [0.2, 0.25) is 0 Å². The molecule has 0 saturated heterocycles. The van der Waals surface area contributed by atoms with E-state index in [0.717, 1.165) is 57.8 Å². The second-order valence-corrected chi connectivity index (χ2v) is 14.3. The minimum atomic E-state index is -2.51. The van der Waals surface area contributed by atoms with Gasteiger partial charge in [0.05, 0.1) is 6.10 Å². The summed E-state index contributed by atoms with van der Waals surface area (Å²) in [7, 11) is 0. The molecule has 120 valence electrons. The highest BCUT2D eigenvalue weighted by molar-refractivity contribution is 7.64. The molecule has 0 heterocycles. The quantitative estimate of drug-likeness (QED) is 0.232. The van der Waals surface area contributed by atoms with Crippen molar-refractivity contribution >= 4 is 39.2 Å². The summed E-state index contributed by atoms with van der Waals surface area (Å²) in [5.74, 6) is 11.6. The van der Waals surface area contributed by atoms with Crippen LogP contribution in [-0.2, 0) is 0 Å². The molecule has 1 N–H and O–H groups in total. The third-order valence-corrected chi connectivity index (χ3v) is 5.62. The molecule has 0 spiro atoms. The maximum absolute atomic E-state index is 9.82. The van der Waals surface area contributed by atoms with E-state index in [0.29, 0.717) is 6.04 Å². The summed E-state index contributed by atoms with van der Waals surface area (Å²) in [6.45, 7) is 2.02. The molecule has 0 amide bonds. The van der Waals surface area contributed by atoms with Crippen molar-refractivity contribution in [2.45, 2.75) is 76.9 Å². The number of halogens is 3. The summed E-state index contributed by atoms with van der Waals surface area (Å²) in [6, 6.07) is -1.87. The summed E-state index contributed by atoms with van der Waals surface area (Å²) in [5.41, 5.74) is 0. The molecule has 0 aliphatic heterocycles. The smallest absolute Gasteiger partial charge is 0.341 e. The fraction of sp³-hybridized carbons (Fsp3) is 0.750. The Morgan fingerprint density at radius 3 is 2.19 bits per heavy atom. The van der Waals surface area contributed by atoms with Crippen molar-refractivity contribution in [2.24, 2.45) is 0 Å². The molecular weight excluding hydrogens is 343 g/mol. The van der Waals surface area contributed by atoms with Crippen molar-refractivity contribution in [2.75, 3.05) is 0 Å². The Labute approximate surface area is 144 Å². The Kier molecular flexibility index (Phi) is 13.9. The SMILES string of the molecule is CCC#CC#CCCCCCCC(O)CCC[Si](Cl)(Cl)Cl. The predicted octanol–water partition coefficient (Wildman–Crippen LogP) is 5.54. The second-order valence-electron chi connectivity index (χ2n) is 5.07. The first-order chi connectivity index (χ1) is 9.95. The van der Waals surface area contributed by atoms with Crippen LogP contribution >= 0.6 is 33.2 Å². The highest BCUT2D eigenvalue weighted by atomic mass is 35.8. The zero-order valence-corrected chi connectivity index (χ0v) is 16.0. The van der Waals surface area contributed by atoms with Gasteiger partial charge in [-0.3, -0.25) is 0 Å². The maximum Gasteiger partial charge on any atom is 0.341 e. The van der Waals surface area contributed by atoms with E-state index in [1.165, 1.54) is 0 Å². The number of hydrogen-bond donors (Lipinski definition) is 1. The van der Waals surface area contributed by atoms with E-state index in [1.807, 2.05) is 6.92 Å². The van der Waals surface area contributed by atoms with Crippen LogP contribution in [0.1, 0.15) is 64.7 Å². The summed E-state index contributed by atoms with van der Waals surface area (Å²) in [4.78, 5) is 0. The largest absolute Gasteiger partial charge is 0.393 e. The molecule has 5 heteroatoms. The Hall–Kier alpha value is 0.167. The topological polar surface area (TPSA) is 20.2 Å². The van der Waals surface area contributed by atoms with Crippen LogP contribution in [-0.4, -0.2) is 17.2 Å². The van der Waals surface area contributed by atoms with E-state index < -0.39 is 6.00 Å². The van der Waals surface area contributed by atoms with Crippen molar-refractivity contribution in [1.29, 1.82) is 0 Å². The van der Waals surface area contributed by atoms with Gasteiger partial charge in [0.15, 0.2) is 0 Å². The molecule has 0 bridgehead atoms. The molecule has 0 aliphatic rings. The highest BCUT2D eigenvalue weighted by Crippen LogP contribution is 2.27. The van der Waals surface area contributed by atoms with Crippen molar-refractivity contribution in [3.63, 3.8) is 0 Å². The van der Waals surface area contributed by atoms with Crippen LogP contribution in [0.25, 0.3) is 0 Å². The minimum Gasteiger partial charge on any atom is -0.393 e. The van der Waals surface area contributed by atoms with E-state index in [4.69, 9.17) is 33.2 Å². The third kappa shape index (κ3) is 18.1. The Balaban J connectivity index is 3.39. The lowest BCUT2D eigenvalue weighted by atomic mass is 10.1. The molecule has 1 unspecified atom stereocenters. The van der Waals surface area contributed by atoms with E-state index in [1.54, 1.807) is 0 Å². The molecule has 0 aromatic heterocycles. The lowest BCUT2D eigenvalue weighted by Gasteiger charge is -2.12. The van der Waals surface area contributed by atoms with E-state index >= 15 is 0 Å². The summed E-state index contributed by atoms with van der Waals surface area (Å²) in [6.07, 6.45) is 8.36. The molecular formula is C16H25Cl3OSi. The van der Waals surface area contributed by atoms with Gasteiger partial charge in [-0.1, -0.05) is 38.0 Å². The molecule has 0 radical (unpaired) electrons. The van der Waals surface area contributed by atoms with Gasteiger partial charge in [-0.05, 0) is 43.6 Å². The monoisotopic (exact) mass is 366 g/mol. The third-order valence-electron chi connectivity index (χ3n) is 3.00. The first-order valence-electron chi connectivity index (χ1n) is 7.66.